The number of anilines is 2. The summed E-state index contributed by atoms with van der Waals surface area (Å²) in [7, 11) is 2.24. The van der Waals surface area contributed by atoms with Gasteiger partial charge in [-0.1, -0.05) is 12.1 Å². The minimum absolute atomic E-state index is 0.0869. The Balaban J connectivity index is 0.842. The van der Waals surface area contributed by atoms with Gasteiger partial charge in [-0.05, 0) is 128 Å². The summed E-state index contributed by atoms with van der Waals surface area (Å²) in [4.78, 5) is 77.2. The van der Waals surface area contributed by atoms with E-state index in [0.29, 0.717) is 46.1 Å². The normalized spacial score (nSPS) is 24.0. The van der Waals surface area contributed by atoms with Crippen molar-refractivity contribution in [2.45, 2.75) is 115 Å². The molecule has 5 amide bonds. The van der Waals surface area contributed by atoms with Crippen LogP contribution in [0.5, 0.6) is 0 Å². The van der Waals surface area contributed by atoms with Gasteiger partial charge in [0.25, 0.3) is 17.7 Å². The molecular formula is C44H51N7O6S. The maximum atomic E-state index is 13.6. The van der Waals surface area contributed by atoms with Crippen molar-refractivity contribution in [1.29, 1.82) is 0 Å². The third kappa shape index (κ3) is 8.01. The Hall–Kier alpha value is -5.05. The van der Waals surface area contributed by atoms with Crippen LogP contribution in [0.15, 0.2) is 48.5 Å². The highest BCUT2D eigenvalue weighted by atomic mass is 32.1. The lowest BCUT2D eigenvalue weighted by molar-refractivity contribution is -0.136. The van der Waals surface area contributed by atoms with E-state index in [4.69, 9.17) is 4.98 Å². The second kappa shape index (κ2) is 16.0. The molecule has 3 fully saturated rings. The number of imide groups is 2. The van der Waals surface area contributed by atoms with Crippen molar-refractivity contribution >= 4 is 62.5 Å². The monoisotopic (exact) mass is 805 g/mol. The molecule has 0 bridgehead atoms. The van der Waals surface area contributed by atoms with Crippen molar-refractivity contribution in [3.63, 3.8) is 0 Å². The highest BCUT2D eigenvalue weighted by Crippen LogP contribution is 2.42. The molecule has 4 aliphatic rings. The molecular weight excluding hydrogens is 755 g/mol. The predicted molar refractivity (Wildman–Crippen MR) is 222 cm³/mol. The van der Waals surface area contributed by atoms with Crippen molar-refractivity contribution in [3.05, 3.63) is 81.6 Å². The molecule has 4 N–H and O–H groups in total. The SMILES string of the molecule is Cc1cccc(C(=O)Nc2cc3sc(C4CCC(CN(C)[C@H]5CC[C@H](Nc6cccc7c6C(=O)N(C6CCC(=O)NC6=O)C7=O)CC5)CC4)nc3cc2C(C)(C)O)n1. The van der Waals surface area contributed by atoms with Gasteiger partial charge in [0.05, 0.1) is 32.0 Å². The smallest absolute Gasteiger partial charge is 0.274 e. The Labute approximate surface area is 342 Å². The maximum Gasteiger partial charge on any atom is 0.274 e. The molecule has 0 spiro atoms. The first-order valence-corrected chi connectivity index (χ1v) is 21.3. The number of aryl methyl sites for hydroxylation is 1. The molecule has 1 atom stereocenters. The first kappa shape index (κ1) is 39.8. The van der Waals surface area contributed by atoms with Crippen molar-refractivity contribution in [1.82, 2.24) is 25.1 Å². The third-order valence-electron chi connectivity index (χ3n) is 12.5. The van der Waals surface area contributed by atoms with Gasteiger partial charge >= 0.3 is 0 Å². The van der Waals surface area contributed by atoms with Gasteiger partial charge in [-0.15, -0.1) is 11.3 Å². The zero-order valence-electron chi connectivity index (χ0n) is 33.5. The van der Waals surface area contributed by atoms with E-state index in [-0.39, 0.29) is 30.4 Å². The zero-order chi connectivity index (χ0) is 40.9. The Morgan fingerprint density at radius 1 is 0.931 bits per heavy atom. The van der Waals surface area contributed by atoms with E-state index in [0.717, 1.165) is 83.7 Å². The number of aromatic nitrogens is 2. The number of carbonyl (C=O) groups is 5. The highest BCUT2D eigenvalue weighted by molar-refractivity contribution is 7.18. The number of carbonyl (C=O) groups excluding carboxylic acids is 5. The minimum Gasteiger partial charge on any atom is -0.386 e. The lowest BCUT2D eigenvalue weighted by Crippen LogP contribution is -2.54. The van der Waals surface area contributed by atoms with Crippen molar-refractivity contribution in [3.8, 4) is 0 Å². The molecule has 304 valence electrons. The summed E-state index contributed by atoms with van der Waals surface area (Å²) >= 11 is 1.67. The van der Waals surface area contributed by atoms with Gasteiger partial charge in [-0.25, -0.2) is 9.97 Å². The van der Waals surface area contributed by atoms with Gasteiger partial charge in [-0.2, -0.15) is 0 Å². The second-order valence-corrected chi connectivity index (χ2v) is 18.1. The molecule has 4 heterocycles. The van der Waals surface area contributed by atoms with Crippen LogP contribution in [0.25, 0.3) is 10.2 Å². The predicted octanol–water partition coefficient (Wildman–Crippen LogP) is 6.51. The van der Waals surface area contributed by atoms with Crippen LogP contribution in [0, 0.1) is 12.8 Å². The van der Waals surface area contributed by atoms with Crippen LogP contribution in [0.2, 0.25) is 0 Å². The maximum absolute atomic E-state index is 13.6. The van der Waals surface area contributed by atoms with Gasteiger partial charge in [-0.3, -0.25) is 34.2 Å². The Morgan fingerprint density at radius 2 is 1.67 bits per heavy atom. The van der Waals surface area contributed by atoms with Crippen LogP contribution >= 0.6 is 11.3 Å². The van der Waals surface area contributed by atoms with E-state index in [1.807, 2.05) is 31.2 Å². The van der Waals surface area contributed by atoms with E-state index in [1.54, 1.807) is 49.4 Å². The number of nitrogens with one attached hydrogen (secondary N) is 3. The van der Waals surface area contributed by atoms with Gasteiger partial charge < -0.3 is 20.6 Å². The van der Waals surface area contributed by atoms with Crippen LogP contribution in [-0.4, -0.2) is 86.1 Å². The number of aliphatic hydroxyl groups is 1. The van der Waals surface area contributed by atoms with Crippen LogP contribution < -0.4 is 16.0 Å². The Kier molecular flexibility index (Phi) is 10.9. The molecule has 1 unspecified atom stereocenters. The van der Waals surface area contributed by atoms with Crippen LogP contribution in [-0.2, 0) is 15.2 Å². The quantitative estimate of drug-likeness (QED) is 0.130. The molecule has 1 saturated heterocycles. The van der Waals surface area contributed by atoms with E-state index in [1.165, 1.54) is 0 Å². The Morgan fingerprint density at radius 3 is 2.38 bits per heavy atom. The van der Waals surface area contributed by atoms with Crippen molar-refractivity contribution in [2.24, 2.45) is 5.92 Å². The van der Waals surface area contributed by atoms with Gasteiger partial charge in [0.1, 0.15) is 11.7 Å². The zero-order valence-corrected chi connectivity index (χ0v) is 34.3. The lowest BCUT2D eigenvalue weighted by Gasteiger charge is -2.38. The summed E-state index contributed by atoms with van der Waals surface area (Å²) in [6.07, 6.45) is 8.53. The Bertz CT molecular complexity index is 2280. The number of fused-ring (bicyclic) bond motifs is 2. The molecule has 2 aromatic heterocycles. The summed E-state index contributed by atoms with van der Waals surface area (Å²) in [5, 5.41) is 21.0. The number of benzene rings is 2. The highest BCUT2D eigenvalue weighted by Gasteiger charge is 2.46. The molecule has 0 radical (unpaired) electrons. The van der Waals surface area contributed by atoms with Gasteiger partial charge in [0, 0.05) is 53.6 Å². The summed E-state index contributed by atoms with van der Waals surface area (Å²) in [5.74, 6) is -1.33. The standard InChI is InChI=1S/C44H51N7O6S/c1-24-7-5-10-32(45-24)39(53)47-33-22-36-34(21-30(33)44(2,3)57)48-41(58-36)26-13-11-25(12-14-26)23-50(4)28-17-15-27(16-18-28)46-31-9-6-8-29-38(31)43(56)51(42(29)55)35-19-20-37(52)49-40(35)54/h5-10,21-22,25-28,35,46,57H,11-20,23H2,1-4H3,(H,47,53)(H,49,52,54)/t25?,26?,27-,28-,35?. The first-order chi connectivity index (χ1) is 27.7. The minimum atomic E-state index is -1.19. The number of rotatable bonds is 10. The van der Waals surface area contributed by atoms with E-state index in [2.05, 4.69) is 32.9 Å². The topological polar surface area (TPSA) is 174 Å². The molecule has 8 rings (SSSR count). The number of thiazole rings is 1. The number of pyridine rings is 1. The third-order valence-corrected chi connectivity index (χ3v) is 13.6. The summed E-state index contributed by atoms with van der Waals surface area (Å²) in [5.41, 5.74) is 3.12. The lowest BCUT2D eigenvalue weighted by atomic mass is 9.81. The van der Waals surface area contributed by atoms with E-state index in [9.17, 15) is 29.1 Å². The summed E-state index contributed by atoms with van der Waals surface area (Å²) < 4.78 is 0.980. The van der Waals surface area contributed by atoms with Crippen LogP contribution in [0.3, 0.4) is 0 Å². The molecule has 14 heteroatoms. The number of piperidine rings is 1. The van der Waals surface area contributed by atoms with Crippen LogP contribution in [0.1, 0.15) is 131 Å². The number of hydrogen-bond donors (Lipinski definition) is 4. The molecule has 2 aliphatic heterocycles. The molecule has 4 aromatic rings. The fourth-order valence-electron chi connectivity index (χ4n) is 9.30. The first-order valence-electron chi connectivity index (χ1n) is 20.5. The largest absolute Gasteiger partial charge is 0.386 e. The van der Waals surface area contributed by atoms with E-state index >= 15 is 0 Å². The van der Waals surface area contributed by atoms with Gasteiger partial charge in [0.2, 0.25) is 11.8 Å². The van der Waals surface area contributed by atoms with Crippen molar-refractivity contribution < 1.29 is 29.1 Å². The average molecular weight is 806 g/mol. The van der Waals surface area contributed by atoms with Crippen LogP contribution in [0.4, 0.5) is 11.4 Å². The average Bonchev–Trinajstić information content (AvgIpc) is 3.72. The fourth-order valence-corrected chi connectivity index (χ4v) is 10.5. The number of hydrogen-bond acceptors (Lipinski definition) is 11. The second-order valence-electron chi connectivity index (χ2n) is 17.1. The van der Waals surface area contributed by atoms with Gasteiger partial charge in [0.15, 0.2) is 0 Å². The summed E-state index contributed by atoms with van der Waals surface area (Å²) in [6.45, 7) is 6.32. The fraction of sp³-hybridized carbons (Fsp3) is 0.477. The molecule has 2 saturated carbocycles. The van der Waals surface area contributed by atoms with Crippen molar-refractivity contribution in [2.75, 3.05) is 24.2 Å². The number of amides is 5. The molecule has 2 aliphatic carbocycles. The number of nitrogens with zero attached hydrogens (tertiary/aromatic N) is 4. The molecule has 13 nitrogen and oxygen atoms in total. The molecule has 2 aromatic carbocycles. The van der Waals surface area contributed by atoms with E-state index < -0.39 is 35.3 Å². The molecule has 58 heavy (non-hydrogen) atoms. The summed E-state index contributed by atoms with van der Waals surface area (Å²) in [6, 6.07) is 14.0.